The molecule has 0 saturated carbocycles. The summed E-state index contributed by atoms with van der Waals surface area (Å²) < 4.78 is 31.7. The zero-order valence-electron chi connectivity index (χ0n) is 17.2. The van der Waals surface area contributed by atoms with Crippen molar-refractivity contribution in [3.05, 3.63) is 0 Å². The largest absolute Gasteiger partial charge is 0.490 e. The van der Waals surface area contributed by atoms with Gasteiger partial charge in [0.15, 0.2) is 0 Å². The van der Waals surface area contributed by atoms with Crippen LogP contribution in [0.4, 0.5) is 13.2 Å². The molecule has 1 rings (SSSR count). The van der Waals surface area contributed by atoms with E-state index in [-0.39, 0.29) is 12.5 Å². The molecule has 1 heterocycles. The SMILES string of the molecule is CC(C)[C@H](NC(=O)[C@@H]1CCCN1C(=O)CNC(=O)[C@H](C)N)C(=O)O.O=C(O)C(F)(F)F. The lowest BCUT2D eigenvalue weighted by molar-refractivity contribution is -0.192. The van der Waals surface area contributed by atoms with Crippen molar-refractivity contribution in [3.63, 3.8) is 0 Å². The van der Waals surface area contributed by atoms with E-state index < -0.39 is 54.0 Å². The monoisotopic (exact) mass is 456 g/mol. The van der Waals surface area contributed by atoms with E-state index in [1.165, 1.54) is 11.8 Å². The number of carbonyl (C=O) groups excluding carboxylic acids is 3. The lowest BCUT2D eigenvalue weighted by Gasteiger charge is -2.26. The second-order valence-corrected chi connectivity index (χ2v) is 7.12. The van der Waals surface area contributed by atoms with Crippen molar-refractivity contribution in [1.29, 1.82) is 0 Å². The van der Waals surface area contributed by atoms with E-state index in [2.05, 4.69) is 10.6 Å². The molecule has 3 amide bonds. The van der Waals surface area contributed by atoms with Gasteiger partial charge in [0.25, 0.3) is 0 Å². The number of hydrogen-bond acceptors (Lipinski definition) is 6. The van der Waals surface area contributed by atoms with Crippen molar-refractivity contribution in [1.82, 2.24) is 15.5 Å². The average Bonchev–Trinajstić information content (AvgIpc) is 3.12. The van der Waals surface area contributed by atoms with Gasteiger partial charge < -0.3 is 31.5 Å². The minimum atomic E-state index is -5.08. The van der Waals surface area contributed by atoms with Gasteiger partial charge in [0.05, 0.1) is 12.6 Å². The highest BCUT2D eigenvalue weighted by Gasteiger charge is 2.38. The molecule has 31 heavy (non-hydrogen) atoms. The second-order valence-electron chi connectivity index (χ2n) is 7.12. The first-order chi connectivity index (χ1) is 14.1. The number of halogens is 3. The van der Waals surface area contributed by atoms with Crippen molar-refractivity contribution in [2.75, 3.05) is 13.1 Å². The highest BCUT2D eigenvalue weighted by Crippen LogP contribution is 2.18. The molecule has 1 fully saturated rings. The zero-order valence-corrected chi connectivity index (χ0v) is 17.2. The molecule has 0 aromatic carbocycles. The normalized spacial score (nSPS) is 17.8. The van der Waals surface area contributed by atoms with Gasteiger partial charge in [0.2, 0.25) is 17.7 Å². The van der Waals surface area contributed by atoms with Gasteiger partial charge in [-0.15, -0.1) is 0 Å². The fraction of sp³-hybridized carbons (Fsp3) is 0.706. The van der Waals surface area contributed by atoms with Crippen LogP contribution in [0.1, 0.15) is 33.6 Å². The molecule has 0 aliphatic carbocycles. The Morgan fingerprint density at radius 2 is 1.65 bits per heavy atom. The molecule has 0 spiro atoms. The summed E-state index contributed by atoms with van der Waals surface area (Å²) in [6.45, 7) is 5.05. The first-order valence-electron chi connectivity index (χ1n) is 9.25. The van der Waals surface area contributed by atoms with E-state index in [1.807, 2.05) is 0 Å². The fourth-order valence-corrected chi connectivity index (χ4v) is 2.53. The Bertz CT molecular complexity index is 683. The van der Waals surface area contributed by atoms with E-state index in [9.17, 15) is 32.3 Å². The van der Waals surface area contributed by atoms with E-state index in [1.54, 1.807) is 13.8 Å². The minimum absolute atomic E-state index is 0.239. The smallest absolute Gasteiger partial charge is 0.480 e. The number of amides is 3. The van der Waals surface area contributed by atoms with E-state index in [0.717, 1.165) is 0 Å². The van der Waals surface area contributed by atoms with Crippen molar-refractivity contribution >= 4 is 29.7 Å². The maximum absolute atomic E-state index is 12.4. The van der Waals surface area contributed by atoms with Crippen molar-refractivity contribution < 1.29 is 47.4 Å². The molecule has 11 nitrogen and oxygen atoms in total. The summed E-state index contributed by atoms with van der Waals surface area (Å²) in [6.07, 6.45) is -3.98. The van der Waals surface area contributed by atoms with Crippen LogP contribution < -0.4 is 16.4 Å². The molecule has 0 aromatic heterocycles. The van der Waals surface area contributed by atoms with Gasteiger partial charge >= 0.3 is 18.1 Å². The molecule has 0 bridgehead atoms. The van der Waals surface area contributed by atoms with Crippen LogP contribution in [-0.2, 0) is 24.0 Å². The first-order valence-corrected chi connectivity index (χ1v) is 9.25. The number of alkyl halides is 3. The van der Waals surface area contributed by atoms with Gasteiger partial charge in [-0.2, -0.15) is 13.2 Å². The summed E-state index contributed by atoms with van der Waals surface area (Å²) in [6, 6.07) is -2.45. The van der Waals surface area contributed by atoms with Gasteiger partial charge in [-0.05, 0) is 25.7 Å². The molecule has 6 N–H and O–H groups in total. The van der Waals surface area contributed by atoms with Crippen LogP contribution >= 0.6 is 0 Å². The minimum Gasteiger partial charge on any atom is -0.480 e. The molecular weight excluding hydrogens is 429 g/mol. The summed E-state index contributed by atoms with van der Waals surface area (Å²) in [5, 5.41) is 21.2. The van der Waals surface area contributed by atoms with Crippen LogP contribution in [0.3, 0.4) is 0 Å². The molecule has 1 aliphatic rings. The Hall–Kier alpha value is -2.90. The maximum atomic E-state index is 12.4. The molecule has 0 radical (unpaired) electrons. The van der Waals surface area contributed by atoms with Crippen LogP contribution in [0.5, 0.6) is 0 Å². The topological polar surface area (TPSA) is 179 Å². The predicted octanol–water partition coefficient (Wildman–Crippen LogP) is -0.700. The number of nitrogens with one attached hydrogen (secondary N) is 2. The summed E-state index contributed by atoms with van der Waals surface area (Å²) in [5.41, 5.74) is 5.41. The third kappa shape index (κ3) is 9.63. The Morgan fingerprint density at radius 3 is 2.03 bits per heavy atom. The number of nitrogens with two attached hydrogens (primary N) is 1. The highest BCUT2D eigenvalue weighted by atomic mass is 19.4. The van der Waals surface area contributed by atoms with Crippen molar-refractivity contribution in [3.8, 4) is 0 Å². The zero-order chi connectivity index (χ0) is 24.5. The summed E-state index contributed by atoms with van der Waals surface area (Å²) in [5.74, 6) is -5.47. The number of carboxylic acids is 2. The van der Waals surface area contributed by atoms with Crippen LogP contribution in [0.2, 0.25) is 0 Å². The van der Waals surface area contributed by atoms with Crippen molar-refractivity contribution in [2.45, 2.75) is 57.9 Å². The Balaban J connectivity index is 0.00000110. The first kappa shape index (κ1) is 28.1. The Kier molecular flexibility index (Phi) is 10.9. The second kappa shape index (κ2) is 12.1. The lowest BCUT2D eigenvalue weighted by Crippen LogP contribution is -2.54. The molecule has 1 aliphatic heterocycles. The molecule has 0 aromatic rings. The third-order valence-electron chi connectivity index (χ3n) is 4.18. The van der Waals surface area contributed by atoms with E-state index in [4.69, 9.17) is 20.7 Å². The van der Waals surface area contributed by atoms with Crippen molar-refractivity contribution in [2.24, 2.45) is 11.7 Å². The molecule has 14 heteroatoms. The number of carboxylic acid groups (broad SMARTS) is 2. The molecular formula is C17H27F3N4O7. The van der Waals surface area contributed by atoms with Gasteiger partial charge in [0, 0.05) is 6.54 Å². The van der Waals surface area contributed by atoms with E-state index >= 15 is 0 Å². The van der Waals surface area contributed by atoms with Crippen LogP contribution in [0.15, 0.2) is 0 Å². The lowest BCUT2D eigenvalue weighted by atomic mass is 10.0. The number of rotatable bonds is 7. The van der Waals surface area contributed by atoms with Crippen LogP contribution in [0.25, 0.3) is 0 Å². The molecule has 0 unspecified atom stereocenters. The number of hydrogen-bond donors (Lipinski definition) is 5. The van der Waals surface area contributed by atoms with Crippen LogP contribution in [0, 0.1) is 5.92 Å². The Morgan fingerprint density at radius 1 is 1.13 bits per heavy atom. The van der Waals surface area contributed by atoms with Gasteiger partial charge in [-0.3, -0.25) is 14.4 Å². The standard InChI is InChI=1S/C15H26N4O5.C2HF3O2/c1-8(2)12(15(23)24)18-14(22)10-5-4-6-19(10)11(20)7-17-13(21)9(3)16;3-2(4,5)1(6)7/h8-10,12H,4-7,16H2,1-3H3,(H,17,21)(H,18,22)(H,23,24);(H,6,7)/t9-,10-,12-;/m0./s1. The van der Waals surface area contributed by atoms with Gasteiger partial charge in [0.1, 0.15) is 12.1 Å². The maximum Gasteiger partial charge on any atom is 0.490 e. The highest BCUT2D eigenvalue weighted by molar-refractivity contribution is 5.92. The number of likely N-dealkylation sites (tertiary alicyclic amines) is 1. The van der Waals surface area contributed by atoms with Crippen LogP contribution in [-0.4, -0.2) is 82.2 Å². The predicted molar refractivity (Wildman–Crippen MR) is 99.5 cm³/mol. The number of carbonyl (C=O) groups is 5. The summed E-state index contributed by atoms with van der Waals surface area (Å²) in [7, 11) is 0. The Labute approximate surface area is 176 Å². The molecule has 1 saturated heterocycles. The quantitative estimate of drug-likeness (QED) is 0.334. The summed E-state index contributed by atoms with van der Waals surface area (Å²) in [4.78, 5) is 57.4. The molecule has 3 atom stereocenters. The average molecular weight is 456 g/mol. The number of aliphatic carboxylic acids is 2. The number of nitrogens with zero attached hydrogens (tertiary/aromatic N) is 1. The van der Waals surface area contributed by atoms with E-state index in [0.29, 0.717) is 19.4 Å². The summed E-state index contributed by atoms with van der Waals surface area (Å²) >= 11 is 0. The van der Waals surface area contributed by atoms with Gasteiger partial charge in [-0.1, -0.05) is 13.8 Å². The van der Waals surface area contributed by atoms with Gasteiger partial charge in [-0.25, -0.2) is 9.59 Å². The fourth-order valence-electron chi connectivity index (χ4n) is 2.53. The third-order valence-corrected chi connectivity index (χ3v) is 4.18. The molecule has 178 valence electrons.